The van der Waals surface area contributed by atoms with Crippen LogP contribution in [0, 0.1) is 0 Å². The van der Waals surface area contributed by atoms with E-state index in [2.05, 4.69) is 65.4 Å². The molecule has 21 heavy (non-hydrogen) atoms. The zero-order valence-electron chi connectivity index (χ0n) is 12.1. The van der Waals surface area contributed by atoms with Gasteiger partial charge in [0.25, 0.3) is 0 Å². The lowest BCUT2D eigenvalue weighted by Gasteiger charge is -2.04. The van der Waals surface area contributed by atoms with Crippen molar-refractivity contribution in [3.8, 4) is 11.1 Å². The Morgan fingerprint density at radius 2 is 1.71 bits per heavy atom. The van der Waals surface area contributed by atoms with E-state index in [9.17, 15) is 0 Å². The first-order valence-corrected chi connectivity index (χ1v) is 7.08. The third-order valence-corrected chi connectivity index (χ3v) is 3.17. The van der Waals surface area contributed by atoms with Crippen molar-refractivity contribution >= 4 is 5.96 Å². The molecule has 0 saturated heterocycles. The van der Waals surface area contributed by atoms with Gasteiger partial charge in [0.1, 0.15) is 0 Å². The van der Waals surface area contributed by atoms with E-state index in [1.54, 1.807) is 6.08 Å². The minimum Gasteiger partial charge on any atom is -0.370 e. The minimum absolute atomic E-state index is 0.468. The maximum Gasteiger partial charge on any atom is 0.188 e. The van der Waals surface area contributed by atoms with E-state index in [1.807, 2.05) is 6.07 Å². The van der Waals surface area contributed by atoms with Crippen LogP contribution in [0.3, 0.4) is 0 Å². The number of guanidine groups is 1. The highest BCUT2D eigenvalue weighted by Crippen LogP contribution is 2.19. The largest absolute Gasteiger partial charge is 0.370 e. The van der Waals surface area contributed by atoms with Crippen LogP contribution in [0.4, 0.5) is 0 Å². The molecule has 0 aliphatic heterocycles. The van der Waals surface area contributed by atoms with E-state index in [4.69, 9.17) is 5.73 Å². The summed E-state index contributed by atoms with van der Waals surface area (Å²) in [6.07, 6.45) is 2.64. The van der Waals surface area contributed by atoms with E-state index in [0.29, 0.717) is 19.0 Å². The molecule has 0 saturated carbocycles. The molecule has 0 atom stereocenters. The summed E-state index contributed by atoms with van der Waals surface area (Å²) >= 11 is 0. The van der Waals surface area contributed by atoms with Crippen molar-refractivity contribution < 1.29 is 0 Å². The summed E-state index contributed by atoms with van der Waals surface area (Å²) in [7, 11) is 0. The SMILES string of the molecule is C=CCNC(N)=NCCc1ccc(-c2ccccc2)cc1. The molecule has 0 aromatic heterocycles. The van der Waals surface area contributed by atoms with E-state index in [0.717, 1.165) is 6.42 Å². The standard InChI is InChI=1S/C18H21N3/c1-2-13-20-18(19)21-14-12-15-8-10-17(11-9-15)16-6-4-3-5-7-16/h2-11H,1,12-14H2,(H3,19,20,21). The number of nitrogens with zero attached hydrogens (tertiary/aromatic N) is 1. The van der Waals surface area contributed by atoms with Crippen molar-refractivity contribution in [2.75, 3.05) is 13.1 Å². The lowest BCUT2D eigenvalue weighted by Crippen LogP contribution is -2.31. The first kappa shape index (κ1) is 14.9. The third-order valence-electron chi connectivity index (χ3n) is 3.17. The molecule has 0 aliphatic carbocycles. The van der Waals surface area contributed by atoms with Crippen molar-refractivity contribution in [1.82, 2.24) is 5.32 Å². The van der Waals surface area contributed by atoms with E-state index in [-0.39, 0.29) is 0 Å². The van der Waals surface area contributed by atoms with Gasteiger partial charge in [-0.05, 0) is 23.1 Å². The quantitative estimate of drug-likeness (QED) is 0.485. The second-order valence-corrected chi connectivity index (χ2v) is 4.75. The lowest BCUT2D eigenvalue weighted by atomic mass is 10.0. The molecule has 0 aliphatic rings. The van der Waals surface area contributed by atoms with Crippen molar-refractivity contribution in [3.63, 3.8) is 0 Å². The van der Waals surface area contributed by atoms with Gasteiger partial charge >= 0.3 is 0 Å². The van der Waals surface area contributed by atoms with Gasteiger partial charge in [-0.15, -0.1) is 6.58 Å². The molecule has 0 fully saturated rings. The molecular formula is C18H21N3. The highest BCUT2D eigenvalue weighted by molar-refractivity contribution is 5.77. The van der Waals surface area contributed by atoms with Crippen LogP contribution in [0.5, 0.6) is 0 Å². The van der Waals surface area contributed by atoms with Gasteiger partial charge in [-0.3, -0.25) is 4.99 Å². The minimum atomic E-state index is 0.468. The highest BCUT2D eigenvalue weighted by Gasteiger charge is 1.97. The van der Waals surface area contributed by atoms with Gasteiger partial charge in [0.05, 0.1) is 0 Å². The Balaban J connectivity index is 1.90. The summed E-state index contributed by atoms with van der Waals surface area (Å²) < 4.78 is 0. The van der Waals surface area contributed by atoms with Gasteiger partial charge in [0.15, 0.2) is 5.96 Å². The molecule has 0 spiro atoms. The number of benzene rings is 2. The van der Waals surface area contributed by atoms with Crippen LogP contribution < -0.4 is 11.1 Å². The Morgan fingerprint density at radius 1 is 1.05 bits per heavy atom. The highest BCUT2D eigenvalue weighted by atomic mass is 15.1. The molecule has 0 unspecified atom stereocenters. The van der Waals surface area contributed by atoms with Gasteiger partial charge in [-0.25, -0.2) is 0 Å². The molecule has 3 nitrogen and oxygen atoms in total. The molecule has 3 heteroatoms. The molecule has 2 rings (SSSR count). The molecule has 3 N–H and O–H groups in total. The van der Waals surface area contributed by atoms with Crippen LogP contribution in [0.1, 0.15) is 5.56 Å². The monoisotopic (exact) mass is 279 g/mol. The molecule has 0 bridgehead atoms. The Labute approximate surface area is 126 Å². The van der Waals surface area contributed by atoms with Crippen LogP contribution in [-0.4, -0.2) is 19.0 Å². The van der Waals surface area contributed by atoms with E-state index >= 15 is 0 Å². The second-order valence-electron chi connectivity index (χ2n) is 4.75. The van der Waals surface area contributed by atoms with Crippen LogP contribution in [0.15, 0.2) is 72.2 Å². The maximum atomic E-state index is 5.72. The fourth-order valence-corrected chi connectivity index (χ4v) is 2.03. The van der Waals surface area contributed by atoms with Gasteiger partial charge in [-0.2, -0.15) is 0 Å². The zero-order chi connectivity index (χ0) is 14.9. The number of hydrogen-bond acceptors (Lipinski definition) is 1. The Bertz CT molecular complexity index is 586. The van der Waals surface area contributed by atoms with Crippen LogP contribution in [0.25, 0.3) is 11.1 Å². The van der Waals surface area contributed by atoms with Gasteiger partial charge in [0.2, 0.25) is 0 Å². The third kappa shape index (κ3) is 4.80. The number of rotatable bonds is 6. The second kappa shape index (κ2) is 7.90. The average Bonchev–Trinajstić information content (AvgIpc) is 2.54. The first-order chi connectivity index (χ1) is 10.3. The number of nitrogens with one attached hydrogen (secondary N) is 1. The van der Waals surface area contributed by atoms with Gasteiger partial charge < -0.3 is 11.1 Å². The van der Waals surface area contributed by atoms with E-state index < -0.39 is 0 Å². The summed E-state index contributed by atoms with van der Waals surface area (Å²) in [6.45, 7) is 4.94. The van der Waals surface area contributed by atoms with Crippen molar-refractivity contribution in [2.24, 2.45) is 10.7 Å². The Morgan fingerprint density at radius 3 is 2.38 bits per heavy atom. The summed E-state index contributed by atoms with van der Waals surface area (Å²) in [6, 6.07) is 18.9. The fraction of sp³-hybridized carbons (Fsp3) is 0.167. The molecule has 2 aromatic carbocycles. The summed E-state index contributed by atoms with van der Waals surface area (Å²) in [5, 5.41) is 2.96. The number of nitrogens with two attached hydrogens (primary N) is 1. The predicted octanol–water partition coefficient (Wildman–Crippen LogP) is 2.99. The average molecular weight is 279 g/mol. The predicted molar refractivity (Wildman–Crippen MR) is 90.3 cm³/mol. The van der Waals surface area contributed by atoms with Crippen LogP contribution >= 0.6 is 0 Å². The van der Waals surface area contributed by atoms with Crippen LogP contribution in [-0.2, 0) is 6.42 Å². The van der Waals surface area contributed by atoms with Crippen molar-refractivity contribution in [1.29, 1.82) is 0 Å². The molecule has 0 radical (unpaired) electrons. The number of aliphatic imine (C=N–C) groups is 1. The summed E-state index contributed by atoms with van der Waals surface area (Å²) in [5.41, 5.74) is 9.44. The fourth-order valence-electron chi connectivity index (χ4n) is 2.03. The van der Waals surface area contributed by atoms with Gasteiger partial charge in [0, 0.05) is 13.1 Å². The van der Waals surface area contributed by atoms with E-state index in [1.165, 1.54) is 16.7 Å². The molecule has 0 heterocycles. The molecule has 0 amide bonds. The molecular weight excluding hydrogens is 258 g/mol. The van der Waals surface area contributed by atoms with Crippen LogP contribution in [0.2, 0.25) is 0 Å². The topological polar surface area (TPSA) is 50.4 Å². The van der Waals surface area contributed by atoms with Gasteiger partial charge in [-0.1, -0.05) is 60.7 Å². The lowest BCUT2D eigenvalue weighted by molar-refractivity contribution is 0.930. The smallest absolute Gasteiger partial charge is 0.188 e. The number of hydrogen-bond donors (Lipinski definition) is 2. The molecule has 2 aromatic rings. The van der Waals surface area contributed by atoms with Crippen molar-refractivity contribution in [3.05, 3.63) is 72.8 Å². The Kier molecular flexibility index (Phi) is 5.59. The Hall–Kier alpha value is -2.55. The maximum absolute atomic E-state index is 5.72. The summed E-state index contributed by atoms with van der Waals surface area (Å²) in [4.78, 5) is 4.27. The summed E-state index contributed by atoms with van der Waals surface area (Å²) in [5.74, 6) is 0.468. The van der Waals surface area contributed by atoms with Crippen molar-refractivity contribution in [2.45, 2.75) is 6.42 Å². The first-order valence-electron chi connectivity index (χ1n) is 7.08. The zero-order valence-corrected chi connectivity index (χ0v) is 12.1. The molecule has 108 valence electrons. The normalized spacial score (nSPS) is 11.1.